The number of aliphatic imine (C=N–C) groups is 1. The second-order valence-electron chi connectivity index (χ2n) is 6.25. The largest absolute Gasteiger partial charge is 0.385 e. The molecule has 0 bridgehead atoms. The Morgan fingerprint density at radius 3 is 2.86 bits per heavy atom. The minimum atomic E-state index is -0.341. The van der Waals surface area contributed by atoms with Gasteiger partial charge in [-0.1, -0.05) is 56.5 Å². The fraction of sp³-hybridized carbons (Fsp3) is 0.529. The molecule has 1 aliphatic carbocycles. The molecule has 1 aromatic carbocycles. The average molecular weight is 285 g/mol. The van der Waals surface area contributed by atoms with Crippen LogP contribution in [0.4, 0.5) is 4.79 Å². The molecule has 0 radical (unpaired) electrons. The third-order valence-corrected chi connectivity index (χ3v) is 5.03. The van der Waals surface area contributed by atoms with Gasteiger partial charge in [0.25, 0.3) is 0 Å². The quantitative estimate of drug-likeness (QED) is 0.926. The predicted octanol–water partition coefficient (Wildman–Crippen LogP) is 3.32. The van der Waals surface area contributed by atoms with E-state index < -0.39 is 0 Å². The molecule has 1 aromatic rings. The highest BCUT2D eigenvalue weighted by Crippen LogP contribution is 2.42. The van der Waals surface area contributed by atoms with Crippen LogP contribution in [0.3, 0.4) is 0 Å². The van der Waals surface area contributed by atoms with E-state index in [1.807, 2.05) is 23.1 Å². The predicted molar refractivity (Wildman–Crippen MR) is 84.0 cm³/mol. The summed E-state index contributed by atoms with van der Waals surface area (Å²) in [6, 6.07) is 9.92. The van der Waals surface area contributed by atoms with Gasteiger partial charge in [-0.2, -0.15) is 4.99 Å². The van der Waals surface area contributed by atoms with Crippen LogP contribution in [0, 0.1) is 5.92 Å². The van der Waals surface area contributed by atoms with E-state index in [1.165, 1.54) is 6.42 Å². The van der Waals surface area contributed by atoms with Gasteiger partial charge in [-0.25, -0.2) is 4.79 Å². The molecule has 112 valence electrons. The summed E-state index contributed by atoms with van der Waals surface area (Å²) in [5.41, 5.74) is 6.98. The van der Waals surface area contributed by atoms with Gasteiger partial charge in [-0.15, -0.1) is 0 Å². The lowest BCUT2D eigenvalue weighted by Gasteiger charge is -2.43. The van der Waals surface area contributed by atoms with E-state index in [4.69, 9.17) is 5.73 Å². The van der Waals surface area contributed by atoms with Crippen molar-refractivity contribution in [3.8, 4) is 0 Å². The molecule has 21 heavy (non-hydrogen) atoms. The van der Waals surface area contributed by atoms with E-state index >= 15 is 0 Å². The lowest BCUT2D eigenvalue weighted by Crippen LogP contribution is -2.56. The molecule has 1 aliphatic heterocycles. The van der Waals surface area contributed by atoms with Crippen LogP contribution in [-0.2, 0) is 6.54 Å². The van der Waals surface area contributed by atoms with Gasteiger partial charge < -0.3 is 10.6 Å². The van der Waals surface area contributed by atoms with Gasteiger partial charge in [-0.05, 0) is 24.3 Å². The summed E-state index contributed by atoms with van der Waals surface area (Å²) in [7, 11) is 0. The van der Waals surface area contributed by atoms with Crippen LogP contribution in [-0.4, -0.2) is 22.3 Å². The van der Waals surface area contributed by atoms with Crippen molar-refractivity contribution in [1.29, 1.82) is 0 Å². The highest BCUT2D eigenvalue weighted by molar-refractivity contribution is 6.05. The Hall–Kier alpha value is -1.84. The van der Waals surface area contributed by atoms with Crippen molar-refractivity contribution in [2.45, 2.75) is 51.1 Å². The summed E-state index contributed by atoms with van der Waals surface area (Å²) in [5, 5.41) is 0. The summed E-state index contributed by atoms with van der Waals surface area (Å²) in [6.07, 6.45) is 5.39. The van der Waals surface area contributed by atoms with Crippen molar-refractivity contribution in [3.63, 3.8) is 0 Å². The first-order chi connectivity index (χ1) is 10.2. The van der Waals surface area contributed by atoms with Crippen LogP contribution >= 0.6 is 0 Å². The van der Waals surface area contributed by atoms with Crippen LogP contribution in [0.15, 0.2) is 35.3 Å². The van der Waals surface area contributed by atoms with Crippen LogP contribution in [0.1, 0.15) is 44.6 Å². The van der Waals surface area contributed by atoms with Gasteiger partial charge in [0.2, 0.25) is 0 Å². The minimum Gasteiger partial charge on any atom is -0.385 e. The number of carbonyl (C=O) groups excluding carboxylic acids is 1. The van der Waals surface area contributed by atoms with Crippen LogP contribution in [0.5, 0.6) is 0 Å². The monoisotopic (exact) mass is 285 g/mol. The van der Waals surface area contributed by atoms with E-state index in [2.05, 4.69) is 24.0 Å². The smallest absolute Gasteiger partial charge is 0.346 e. The Kier molecular flexibility index (Phi) is 3.70. The van der Waals surface area contributed by atoms with Crippen molar-refractivity contribution in [2.75, 3.05) is 0 Å². The number of carbonyl (C=O) groups is 1. The number of benzene rings is 1. The van der Waals surface area contributed by atoms with E-state index in [0.717, 1.165) is 31.2 Å². The second-order valence-corrected chi connectivity index (χ2v) is 6.25. The Morgan fingerprint density at radius 2 is 2.14 bits per heavy atom. The molecule has 2 atom stereocenters. The molecule has 4 nitrogen and oxygen atoms in total. The van der Waals surface area contributed by atoms with Gasteiger partial charge in [0.1, 0.15) is 11.4 Å². The molecule has 2 N–H and O–H groups in total. The Balaban J connectivity index is 1.89. The third-order valence-electron chi connectivity index (χ3n) is 5.03. The summed E-state index contributed by atoms with van der Waals surface area (Å²) < 4.78 is 0. The molecular formula is C17H23N3O. The standard InChI is InChI=1S/C17H23N3O/c1-2-13-9-6-10-17(11-13)15(18)19-16(21)20(17)12-14-7-4-3-5-8-14/h3-5,7-8,13H,2,6,9-12H2,1H3,(H2,18,19,21). The van der Waals surface area contributed by atoms with Crippen LogP contribution in [0.2, 0.25) is 0 Å². The van der Waals surface area contributed by atoms with Gasteiger partial charge >= 0.3 is 6.03 Å². The fourth-order valence-corrected chi connectivity index (χ4v) is 3.76. The first kappa shape index (κ1) is 14.1. The molecule has 0 saturated heterocycles. The minimum absolute atomic E-state index is 0.173. The van der Waals surface area contributed by atoms with Gasteiger partial charge in [0, 0.05) is 6.54 Å². The highest BCUT2D eigenvalue weighted by Gasteiger charge is 2.50. The van der Waals surface area contributed by atoms with Crippen LogP contribution < -0.4 is 5.73 Å². The van der Waals surface area contributed by atoms with Crippen molar-refractivity contribution < 1.29 is 4.79 Å². The molecular weight excluding hydrogens is 262 g/mol. The molecule has 1 saturated carbocycles. The molecule has 4 heteroatoms. The topological polar surface area (TPSA) is 58.7 Å². The lowest BCUT2D eigenvalue weighted by molar-refractivity contribution is 0.114. The van der Waals surface area contributed by atoms with Crippen molar-refractivity contribution in [1.82, 2.24) is 4.90 Å². The Bertz CT molecular complexity index is 554. The average Bonchev–Trinajstić information content (AvgIpc) is 2.73. The summed E-state index contributed by atoms with van der Waals surface area (Å²) >= 11 is 0. The first-order valence-electron chi connectivity index (χ1n) is 7.86. The Labute approximate surface area is 126 Å². The number of hydrogen-bond donors (Lipinski definition) is 1. The molecule has 1 spiro atoms. The van der Waals surface area contributed by atoms with Crippen molar-refractivity contribution in [2.24, 2.45) is 16.6 Å². The second kappa shape index (κ2) is 5.51. The molecule has 2 unspecified atom stereocenters. The van der Waals surface area contributed by atoms with Crippen molar-refractivity contribution in [3.05, 3.63) is 35.9 Å². The number of nitrogens with two attached hydrogens (primary N) is 1. The summed E-state index contributed by atoms with van der Waals surface area (Å²) in [4.78, 5) is 18.3. The number of rotatable bonds is 3. The van der Waals surface area contributed by atoms with Gasteiger partial charge in [-0.3, -0.25) is 0 Å². The SMILES string of the molecule is CCC1CCCC2(C1)C(N)=NC(=O)N2Cc1ccccc1. The fourth-order valence-electron chi connectivity index (χ4n) is 3.76. The molecule has 1 fully saturated rings. The summed E-state index contributed by atoms with van der Waals surface area (Å²) in [5.74, 6) is 1.17. The molecule has 2 aliphatic rings. The number of hydrogen-bond acceptors (Lipinski definition) is 2. The molecule has 1 heterocycles. The number of urea groups is 1. The number of amidine groups is 1. The maximum atomic E-state index is 12.3. The maximum absolute atomic E-state index is 12.3. The van der Waals surface area contributed by atoms with Crippen molar-refractivity contribution >= 4 is 11.9 Å². The van der Waals surface area contributed by atoms with E-state index in [-0.39, 0.29) is 11.6 Å². The zero-order valence-electron chi connectivity index (χ0n) is 12.6. The van der Waals surface area contributed by atoms with Gasteiger partial charge in [0.05, 0.1) is 0 Å². The molecule has 0 aromatic heterocycles. The number of nitrogens with zero attached hydrogens (tertiary/aromatic N) is 2. The van der Waals surface area contributed by atoms with E-state index in [1.54, 1.807) is 0 Å². The van der Waals surface area contributed by atoms with E-state index in [0.29, 0.717) is 18.3 Å². The third kappa shape index (κ3) is 2.43. The zero-order chi connectivity index (χ0) is 14.9. The normalized spacial score (nSPS) is 29.0. The molecule has 2 amide bonds. The van der Waals surface area contributed by atoms with E-state index in [9.17, 15) is 4.79 Å². The number of amides is 2. The maximum Gasteiger partial charge on any atom is 0.346 e. The first-order valence-corrected chi connectivity index (χ1v) is 7.86. The highest BCUT2D eigenvalue weighted by atomic mass is 16.2. The molecule has 3 rings (SSSR count). The van der Waals surface area contributed by atoms with Gasteiger partial charge in [0.15, 0.2) is 0 Å². The Morgan fingerprint density at radius 1 is 1.38 bits per heavy atom. The zero-order valence-corrected chi connectivity index (χ0v) is 12.6. The summed E-state index contributed by atoms with van der Waals surface area (Å²) in [6.45, 7) is 2.82. The lowest BCUT2D eigenvalue weighted by atomic mass is 9.73. The van der Waals surface area contributed by atoms with Crippen LogP contribution in [0.25, 0.3) is 0 Å².